The molecule has 0 saturated heterocycles. The first-order valence-corrected chi connectivity index (χ1v) is 6.72. The molecule has 0 aliphatic carbocycles. The fraction of sp³-hybridized carbons (Fsp3) is 0.250. The lowest BCUT2D eigenvalue weighted by Crippen LogP contribution is -2.21. The lowest BCUT2D eigenvalue weighted by molar-refractivity contribution is -0.0498. The average molecular weight is 311 g/mol. The van der Waals surface area contributed by atoms with Gasteiger partial charge in [0.2, 0.25) is 0 Å². The van der Waals surface area contributed by atoms with E-state index in [1.165, 1.54) is 36.4 Å². The van der Waals surface area contributed by atoms with E-state index in [0.717, 1.165) is 5.56 Å². The summed E-state index contributed by atoms with van der Waals surface area (Å²) in [4.78, 5) is 0. The largest absolute Gasteiger partial charge is 0.435 e. The van der Waals surface area contributed by atoms with Crippen LogP contribution in [0.2, 0.25) is 0 Å². The van der Waals surface area contributed by atoms with Crippen molar-refractivity contribution in [2.45, 2.75) is 19.3 Å². The van der Waals surface area contributed by atoms with Crippen LogP contribution >= 0.6 is 0 Å². The molecule has 0 radical (unpaired) electrons. The van der Waals surface area contributed by atoms with Crippen molar-refractivity contribution < 1.29 is 23.0 Å². The fourth-order valence-corrected chi connectivity index (χ4v) is 1.94. The molecule has 22 heavy (non-hydrogen) atoms. The predicted molar refractivity (Wildman–Crippen MR) is 76.1 cm³/mol. The van der Waals surface area contributed by atoms with Crippen LogP contribution in [0.3, 0.4) is 0 Å². The summed E-state index contributed by atoms with van der Waals surface area (Å²) in [6, 6.07) is 11.9. The monoisotopic (exact) mass is 311 g/mol. The summed E-state index contributed by atoms with van der Waals surface area (Å²) in [5.74, 6) is -0.250. The minimum atomic E-state index is -2.84. The van der Waals surface area contributed by atoms with E-state index in [1.807, 2.05) is 0 Å². The molecule has 0 bridgehead atoms. The second-order valence-corrected chi connectivity index (χ2v) is 4.72. The fourth-order valence-electron chi connectivity index (χ4n) is 1.94. The third-order valence-corrected chi connectivity index (χ3v) is 3.07. The Labute approximate surface area is 126 Å². The number of benzene rings is 2. The third-order valence-electron chi connectivity index (χ3n) is 3.07. The van der Waals surface area contributed by atoms with Crippen LogP contribution in [0.25, 0.3) is 0 Å². The molecule has 2 rings (SSSR count). The van der Waals surface area contributed by atoms with Crippen molar-refractivity contribution in [1.29, 1.82) is 0 Å². The lowest BCUT2D eigenvalue weighted by atomic mass is 10.1. The number of hydrogen-bond donors (Lipinski definition) is 2. The van der Waals surface area contributed by atoms with Gasteiger partial charge in [0, 0.05) is 13.1 Å². The highest BCUT2D eigenvalue weighted by Crippen LogP contribution is 2.15. The van der Waals surface area contributed by atoms with Crippen molar-refractivity contribution in [3.05, 3.63) is 65.5 Å². The zero-order chi connectivity index (χ0) is 15.9. The minimum absolute atomic E-state index is 0.102. The van der Waals surface area contributed by atoms with Gasteiger partial charge in [-0.1, -0.05) is 24.3 Å². The summed E-state index contributed by atoms with van der Waals surface area (Å²) in [5.41, 5.74) is 1.49. The van der Waals surface area contributed by atoms with Gasteiger partial charge in [-0.05, 0) is 35.4 Å². The van der Waals surface area contributed by atoms with Crippen LogP contribution in [0.15, 0.2) is 48.5 Å². The molecular formula is C16H16F3NO2. The van der Waals surface area contributed by atoms with Gasteiger partial charge in [-0.3, -0.25) is 0 Å². The summed E-state index contributed by atoms with van der Waals surface area (Å²) < 4.78 is 41.1. The Morgan fingerprint density at radius 2 is 1.64 bits per heavy atom. The van der Waals surface area contributed by atoms with E-state index in [4.69, 9.17) is 0 Å². The van der Waals surface area contributed by atoms with E-state index in [9.17, 15) is 18.3 Å². The van der Waals surface area contributed by atoms with Gasteiger partial charge in [0.15, 0.2) is 0 Å². The molecule has 2 N–H and O–H groups in total. The van der Waals surface area contributed by atoms with E-state index < -0.39 is 12.7 Å². The van der Waals surface area contributed by atoms with Crippen molar-refractivity contribution in [3.8, 4) is 5.75 Å². The van der Waals surface area contributed by atoms with E-state index in [-0.39, 0.29) is 11.6 Å². The molecule has 0 saturated carbocycles. The lowest BCUT2D eigenvalue weighted by Gasteiger charge is -2.12. The van der Waals surface area contributed by atoms with E-state index in [1.54, 1.807) is 12.1 Å². The Kier molecular flexibility index (Phi) is 5.80. The van der Waals surface area contributed by atoms with Gasteiger partial charge in [0.25, 0.3) is 0 Å². The normalized spacial score (nSPS) is 12.4. The highest BCUT2D eigenvalue weighted by molar-refractivity contribution is 5.27. The molecule has 0 heterocycles. The van der Waals surface area contributed by atoms with Gasteiger partial charge in [0.1, 0.15) is 11.6 Å². The van der Waals surface area contributed by atoms with Gasteiger partial charge >= 0.3 is 6.61 Å². The topological polar surface area (TPSA) is 41.5 Å². The second kappa shape index (κ2) is 7.82. The molecule has 6 heteroatoms. The van der Waals surface area contributed by atoms with Gasteiger partial charge in [-0.15, -0.1) is 0 Å². The van der Waals surface area contributed by atoms with Crippen LogP contribution in [0.1, 0.15) is 17.2 Å². The second-order valence-electron chi connectivity index (χ2n) is 4.72. The van der Waals surface area contributed by atoms with Crippen molar-refractivity contribution >= 4 is 0 Å². The Morgan fingerprint density at radius 1 is 1.00 bits per heavy atom. The van der Waals surface area contributed by atoms with Crippen LogP contribution in [0.5, 0.6) is 5.75 Å². The number of nitrogens with one attached hydrogen (secondary N) is 1. The van der Waals surface area contributed by atoms with Crippen LogP contribution < -0.4 is 10.1 Å². The van der Waals surface area contributed by atoms with Gasteiger partial charge in [-0.25, -0.2) is 4.39 Å². The molecule has 0 aromatic heterocycles. The molecule has 2 aromatic rings. The van der Waals surface area contributed by atoms with Gasteiger partial charge in [-0.2, -0.15) is 8.78 Å². The standard InChI is InChI=1S/C16H16F3NO2/c17-13-5-3-12(4-6-13)15(21)10-20-9-11-1-7-14(8-2-11)22-16(18)19/h1-8,15-16,20-21H,9-10H2. The number of rotatable bonds is 7. The van der Waals surface area contributed by atoms with E-state index in [0.29, 0.717) is 18.7 Å². The Hall–Kier alpha value is -2.05. The van der Waals surface area contributed by atoms with Crippen molar-refractivity contribution in [1.82, 2.24) is 5.32 Å². The molecule has 0 fully saturated rings. The molecule has 2 aromatic carbocycles. The SMILES string of the molecule is OC(CNCc1ccc(OC(F)F)cc1)c1ccc(F)cc1. The Balaban J connectivity index is 1.79. The molecule has 1 unspecified atom stereocenters. The Bertz CT molecular complexity index is 573. The first kappa shape index (κ1) is 16.3. The molecule has 1 atom stereocenters. The van der Waals surface area contributed by atoms with Crippen molar-refractivity contribution in [3.63, 3.8) is 0 Å². The van der Waals surface area contributed by atoms with Gasteiger partial charge < -0.3 is 15.2 Å². The van der Waals surface area contributed by atoms with E-state index >= 15 is 0 Å². The quantitative estimate of drug-likeness (QED) is 0.825. The maximum atomic E-state index is 12.8. The summed E-state index contributed by atoms with van der Waals surface area (Å²) in [6.07, 6.45) is -0.748. The van der Waals surface area contributed by atoms with E-state index in [2.05, 4.69) is 10.1 Å². The summed E-state index contributed by atoms with van der Waals surface area (Å²) in [6.45, 7) is -2.08. The number of aliphatic hydroxyl groups is 1. The summed E-state index contributed by atoms with van der Waals surface area (Å²) in [7, 11) is 0. The third kappa shape index (κ3) is 5.05. The van der Waals surface area contributed by atoms with Crippen LogP contribution in [0.4, 0.5) is 13.2 Å². The summed E-state index contributed by atoms with van der Waals surface area (Å²) >= 11 is 0. The summed E-state index contributed by atoms with van der Waals surface area (Å²) in [5, 5.41) is 13.0. The molecule has 118 valence electrons. The number of halogens is 3. The molecule has 3 nitrogen and oxygen atoms in total. The first-order valence-electron chi connectivity index (χ1n) is 6.72. The van der Waals surface area contributed by atoms with Crippen LogP contribution in [-0.4, -0.2) is 18.3 Å². The maximum absolute atomic E-state index is 12.8. The Morgan fingerprint density at radius 3 is 2.23 bits per heavy atom. The van der Waals surface area contributed by atoms with Crippen LogP contribution in [-0.2, 0) is 6.54 Å². The number of hydrogen-bond acceptors (Lipinski definition) is 3. The van der Waals surface area contributed by atoms with Crippen LogP contribution in [0, 0.1) is 5.82 Å². The highest BCUT2D eigenvalue weighted by atomic mass is 19.3. The molecule has 0 aliphatic rings. The minimum Gasteiger partial charge on any atom is -0.435 e. The average Bonchev–Trinajstić information content (AvgIpc) is 2.49. The maximum Gasteiger partial charge on any atom is 0.387 e. The number of alkyl halides is 2. The molecular weight excluding hydrogens is 295 g/mol. The number of aliphatic hydroxyl groups excluding tert-OH is 1. The zero-order valence-electron chi connectivity index (χ0n) is 11.7. The predicted octanol–water partition coefficient (Wildman–Crippen LogP) is 3.25. The van der Waals surface area contributed by atoms with Gasteiger partial charge in [0.05, 0.1) is 6.10 Å². The smallest absolute Gasteiger partial charge is 0.387 e. The molecule has 0 aliphatic heterocycles. The highest BCUT2D eigenvalue weighted by Gasteiger charge is 2.07. The van der Waals surface area contributed by atoms with Crippen molar-refractivity contribution in [2.24, 2.45) is 0 Å². The molecule has 0 spiro atoms. The zero-order valence-corrected chi connectivity index (χ0v) is 11.7. The first-order chi connectivity index (χ1) is 10.5. The number of ether oxygens (including phenoxy) is 1. The molecule has 0 amide bonds. The van der Waals surface area contributed by atoms with Crippen molar-refractivity contribution in [2.75, 3.05) is 6.54 Å².